The Morgan fingerprint density at radius 1 is 1.45 bits per heavy atom. The average Bonchev–Trinajstić information content (AvgIpc) is 2.34. The summed E-state index contributed by atoms with van der Waals surface area (Å²) in [5, 5.41) is 9.96. The molecule has 124 valence electrons. The number of hydrogen-bond acceptors (Lipinski definition) is 3. The van der Waals surface area contributed by atoms with Crippen LogP contribution < -0.4 is 4.74 Å². The summed E-state index contributed by atoms with van der Waals surface area (Å²) in [6, 6.07) is 1.43. The van der Waals surface area contributed by atoms with E-state index in [4.69, 9.17) is 27.9 Å². The molecule has 1 atom stereocenters. The molecule has 1 rings (SSSR count). The highest BCUT2D eigenvalue weighted by Gasteiger charge is 2.30. The van der Waals surface area contributed by atoms with Gasteiger partial charge in [0.2, 0.25) is 0 Å². The Labute approximate surface area is 141 Å². The molecule has 0 aromatic carbocycles. The molecule has 0 aliphatic heterocycles. The SMILES string of the molecule is COc1cc(Cl)nc(Cl)c1CCC(C)N(C(=O)O)C(C)(C)C. The highest BCUT2D eigenvalue weighted by Crippen LogP contribution is 2.30. The minimum Gasteiger partial charge on any atom is -0.496 e. The van der Waals surface area contributed by atoms with Gasteiger partial charge in [0.1, 0.15) is 16.1 Å². The maximum atomic E-state index is 11.5. The van der Waals surface area contributed by atoms with E-state index in [1.54, 1.807) is 6.07 Å². The number of halogens is 2. The molecule has 0 bridgehead atoms. The number of carbonyl (C=O) groups is 1. The summed E-state index contributed by atoms with van der Waals surface area (Å²) in [6.07, 6.45) is 0.211. The van der Waals surface area contributed by atoms with Crippen LogP contribution in [-0.2, 0) is 6.42 Å². The van der Waals surface area contributed by atoms with Crippen LogP contribution in [-0.4, -0.2) is 39.8 Å². The van der Waals surface area contributed by atoms with Crippen molar-refractivity contribution in [1.82, 2.24) is 9.88 Å². The molecule has 0 radical (unpaired) electrons. The minimum atomic E-state index is -0.938. The van der Waals surface area contributed by atoms with E-state index < -0.39 is 11.6 Å². The second-order valence-electron chi connectivity index (χ2n) is 6.13. The van der Waals surface area contributed by atoms with Crippen molar-refractivity contribution < 1.29 is 14.6 Å². The van der Waals surface area contributed by atoms with Gasteiger partial charge < -0.3 is 14.7 Å². The fourth-order valence-electron chi connectivity index (χ4n) is 2.52. The molecule has 1 N–H and O–H groups in total. The van der Waals surface area contributed by atoms with Crippen molar-refractivity contribution in [1.29, 1.82) is 0 Å². The number of aromatic nitrogens is 1. The van der Waals surface area contributed by atoms with E-state index in [-0.39, 0.29) is 16.3 Å². The molecule has 7 heteroatoms. The van der Waals surface area contributed by atoms with Gasteiger partial charge in [0.25, 0.3) is 0 Å². The second-order valence-corrected chi connectivity index (χ2v) is 6.87. The van der Waals surface area contributed by atoms with Crippen LogP contribution in [0.3, 0.4) is 0 Å². The number of amides is 1. The number of carboxylic acid groups (broad SMARTS) is 1. The Bertz CT molecular complexity index is 544. The zero-order valence-corrected chi connectivity index (χ0v) is 15.0. The first-order valence-corrected chi connectivity index (χ1v) is 7.74. The summed E-state index contributed by atoms with van der Waals surface area (Å²) in [4.78, 5) is 16.9. The van der Waals surface area contributed by atoms with Gasteiger partial charge in [-0.15, -0.1) is 0 Å². The fraction of sp³-hybridized carbons (Fsp3) is 0.600. The fourth-order valence-corrected chi connectivity index (χ4v) is 3.02. The molecule has 22 heavy (non-hydrogen) atoms. The number of rotatable bonds is 5. The van der Waals surface area contributed by atoms with Crippen molar-refractivity contribution in [2.75, 3.05) is 7.11 Å². The van der Waals surface area contributed by atoms with E-state index in [1.807, 2.05) is 27.7 Å². The highest BCUT2D eigenvalue weighted by atomic mass is 35.5. The van der Waals surface area contributed by atoms with Gasteiger partial charge in [0.15, 0.2) is 0 Å². The Balaban J connectivity index is 2.92. The standard InChI is InChI=1S/C15H22Cl2N2O3/c1-9(19(14(20)21)15(2,3)4)6-7-10-11(22-5)8-12(16)18-13(10)17/h8-9H,6-7H2,1-5H3,(H,20,21). The van der Waals surface area contributed by atoms with Gasteiger partial charge in [0, 0.05) is 23.2 Å². The molecule has 1 aromatic rings. The van der Waals surface area contributed by atoms with Crippen LogP contribution in [0, 0.1) is 0 Å². The Hall–Kier alpha value is -1.20. The van der Waals surface area contributed by atoms with Crippen molar-refractivity contribution in [3.05, 3.63) is 21.9 Å². The summed E-state index contributed by atoms with van der Waals surface area (Å²) in [5.41, 5.74) is 0.261. The Morgan fingerprint density at radius 3 is 2.50 bits per heavy atom. The molecule has 1 amide bonds. The number of pyridine rings is 1. The zero-order valence-electron chi connectivity index (χ0n) is 13.5. The van der Waals surface area contributed by atoms with Crippen LogP contribution in [0.1, 0.15) is 39.7 Å². The minimum absolute atomic E-state index is 0.172. The van der Waals surface area contributed by atoms with Crippen molar-refractivity contribution in [2.45, 2.75) is 52.1 Å². The molecule has 1 aromatic heterocycles. The van der Waals surface area contributed by atoms with Gasteiger partial charge in [0.05, 0.1) is 7.11 Å². The van der Waals surface area contributed by atoms with Crippen molar-refractivity contribution in [3.63, 3.8) is 0 Å². The lowest BCUT2D eigenvalue weighted by atomic mass is 10.00. The van der Waals surface area contributed by atoms with Crippen LogP contribution in [0.15, 0.2) is 6.07 Å². The maximum Gasteiger partial charge on any atom is 0.407 e. The molecule has 0 spiro atoms. The zero-order chi connectivity index (χ0) is 17.1. The van der Waals surface area contributed by atoms with Crippen molar-refractivity contribution in [2.24, 2.45) is 0 Å². The largest absolute Gasteiger partial charge is 0.496 e. The number of ether oxygens (including phenoxy) is 1. The summed E-state index contributed by atoms with van der Waals surface area (Å²) in [6.45, 7) is 7.49. The lowest BCUT2D eigenvalue weighted by molar-refractivity contribution is 0.0729. The van der Waals surface area contributed by atoms with Gasteiger partial charge in [-0.1, -0.05) is 23.2 Å². The normalized spacial score (nSPS) is 12.9. The van der Waals surface area contributed by atoms with Crippen LogP contribution in [0.4, 0.5) is 4.79 Å². The highest BCUT2D eigenvalue weighted by molar-refractivity contribution is 6.33. The average molecular weight is 349 g/mol. The molecule has 0 aliphatic carbocycles. The topological polar surface area (TPSA) is 62.7 Å². The van der Waals surface area contributed by atoms with Crippen molar-refractivity contribution in [3.8, 4) is 5.75 Å². The molecule has 1 heterocycles. The van der Waals surface area contributed by atoms with Gasteiger partial charge in [-0.2, -0.15) is 0 Å². The molecule has 0 fully saturated rings. The van der Waals surface area contributed by atoms with E-state index in [9.17, 15) is 9.90 Å². The monoisotopic (exact) mass is 348 g/mol. The van der Waals surface area contributed by atoms with Gasteiger partial charge in [-0.25, -0.2) is 9.78 Å². The third kappa shape index (κ3) is 4.65. The molecule has 1 unspecified atom stereocenters. The van der Waals surface area contributed by atoms with Gasteiger partial charge >= 0.3 is 6.09 Å². The molecule has 0 saturated heterocycles. The summed E-state index contributed by atoms with van der Waals surface area (Å²) >= 11 is 12.0. The molecule has 0 aliphatic rings. The summed E-state index contributed by atoms with van der Waals surface area (Å²) in [7, 11) is 1.54. The quantitative estimate of drug-likeness (QED) is 0.795. The molecule has 5 nitrogen and oxygen atoms in total. The van der Waals surface area contributed by atoms with Crippen LogP contribution in [0.5, 0.6) is 5.75 Å². The van der Waals surface area contributed by atoms with Gasteiger partial charge in [-0.3, -0.25) is 0 Å². The van der Waals surface area contributed by atoms with E-state index >= 15 is 0 Å². The van der Waals surface area contributed by atoms with Gasteiger partial charge in [-0.05, 0) is 40.5 Å². The first-order chi connectivity index (χ1) is 10.1. The molecular formula is C15H22Cl2N2O3. The summed E-state index contributed by atoms with van der Waals surface area (Å²) < 4.78 is 5.28. The van der Waals surface area contributed by atoms with Crippen LogP contribution >= 0.6 is 23.2 Å². The first kappa shape index (κ1) is 18.8. The third-order valence-electron chi connectivity index (χ3n) is 3.40. The second kappa shape index (κ2) is 7.38. The third-order valence-corrected chi connectivity index (χ3v) is 3.91. The summed E-state index contributed by atoms with van der Waals surface area (Å²) in [5.74, 6) is 0.565. The predicted octanol–water partition coefficient (Wildman–Crippen LogP) is 4.50. The van der Waals surface area contributed by atoms with E-state index in [0.717, 1.165) is 5.56 Å². The predicted molar refractivity (Wildman–Crippen MR) is 88.2 cm³/mol. The van der Waals surface area contributed by atoms with E-state index in [2.05, 4.69) is 4.98 Å². The molecular weight excluding hydrogens is 327 g/mol. The van der Waals surface area contributed by atoms with Crippen molar-refractivity contribution >= 4 is 29.3 Å². The van der Waals surface area contributed by atoms with Crippen LogP contribution in [0.25, 0.3) is 0 Å². The first-order valence-electron chi connectivity index (χ1n) is 6.99. The number of nitrogens with zero attached hydrogens (tertiary/aromatic N) is 2. The maximum absolute atomic E-state index is 11.5. The lowest BCUT2D eigenvalue weighted by Crippen LogP contribution is -2.50. The lowest BCUT2D eigenvalue weighted by Gasteiger charge is -2.38. The smallest absolute Gasteiger partial charge is 0.407 e. The Kier molecular flexibility index (Phi) is 6.32. The molecule has 0 saturated carbocycles. The van der Waals surface area contributed by atoms with Crippen LogP contribution in [0.2, 0.25) is 10.3 Å². The van der Waals surface area contributed by atoms with E-state index in [0.29, 0.717) is 18.6 Å². The number of methoxy groups -OCH3 is 1. The Morgan fingerprint density at radius 2 is 2.05 bits per heavy atom. The van der Waals surface area contributed by atoms with E-state index in [1.165, 1.54) is 12.0 Å². The number of hydrogen-bond donors (Lipinski definition) is 1.